The van der Waals surface area contributed by atoms with E-state index in [9.17, 15) is 14.4 Å². The van der Waals surface area contributed by atoms with E-state index in [4.69, 9.17) is 18.9 Å². The zero-order valence-corrected chi connectivity index (χ0v) is 21.3. The summed E-state index contributed by atoms with van der Waals surface area (Å²) in [5, 5.41) is 3.01. The highest BCUT2D eigenvalue weighted by Gasteiger charge is 2.27. The standard InChI is InChI=1S/C27H34N2O7/c1-5-33-23-16-20(17-24(34-6-2)25(23)35-7-3)27(32)29-13-11-21(12-14-29)28-26(31)19-9-8-10-22(15-19)36-18(4)30/h8-10,15-17,21H,5-7,11-14H2,1-4H3,(H,28,31). The summed E-state index contributed by atoms with van der Waals surface area (Å²) in [6.45, 7) is 9.23. The zero-order valence-electron chi connectivity index (χ0n) is 21.3. The Morgan fingerprint density at radius 2 is 1.50 bits per heavy atom. The third kappa shape index (κ3) is 6.90. The van der Waals surface area contributed by atoms with E-state index in [-0.39, 0.29) is 17.9 Å². The third-order valence-electron chi connectivity index (χ3n) is 5.63. The van der Waals surface area contributed by atoms with Gasteiger partial charge in [0, 0.05) is 37.2 Å². The third-order valence-corrected chi connectivity index (χ3v) is 5.63. The van der Waals surface area contributed by atoms with Crippen LogP contribution in [0.2, 0.25) is 0 Å². The van der Waals surface area contributed by atoms with Crippen molar-refractivity contribution in [3.05, 3.63) is 47.5 Å². The Morgan fingerprint density at radius 3 is 2.06 bits per heavy atom. The summed E-state index contributed by atoms with van der Waals surface area (Å²) < 4.78 is 22.3. The molecule has 0 aliphatic carbocycles. The zero-order chi connectivity index (χ0) is 26.1. The minimum atomic E-state index is -0.445. The van der Waals surface area contributed by atoms with E-state index in [2.05, 4.69) is 5.32 Å². The first kappa shape index (κ1) is 26.8. The molecule has 194 valence electrons. The van der Waals surface area contributed by atoms with Crippen LogP contribution in [-0.4, -0.2) is 61.6 Å². The maximum atomic E-state index is 13.3. The lowest BCUT2D eigenvalue weighted by Gasteiger charge is -2.32. The predicted molar refractivity (Wildman–Crippen MR) is 134 cm³/mol. The number of hydrogen-bond donors (Lipinski definition) is 1. The van der Waals surface area contributed by atoms with Crippen LogP contribution in [0.4, 0.5) is 0 Å². The number of rotatable bonds is 10. The minimum absolute atomic E-state index is 0.0720. The van der Waals surface area contributed by atoms with Crippen LogP contribution in [0.1, 0.15) is 61.3 Å². The van der Waals surface area contributed by atoms with E-state index >= 15 is 0 Å². The van der Waals surface area contributed by atoms with Gasteiger partial charge in [-0.3, -0.25) is 14.4 Å². The molecule has 3 rings (SSSR count). The second-order valence-electron chi connectivity index (χ2n) is 8.26. The van der Waals surface area contributed by atoms with Gasteiger partial charge in [0.2, 0.25) is 5.75 Å². The number of amides is 2. The molecule has 0 atom stereocenters. The summed E-state index contributed by atoms with van der Waals surface area (Å²) in [5.41, 5.74) is 0.878. The van der Waals surface area contributed by atoms with E-state index in [1.165, 1.54) is 13.0 Å². The molecule has 1 saturated heterocycles. The number of nitrogens with zero attached hydrogens (tertiary/aromatic N) is 1. The van der Waals surface area contributed by atoms with Crippen molar-refractivity contribution in [1.82, 2.24) is 10.2 Å². The molecule has 9 nitrogen and oxygen atoms in total. The highest BCUT2D eigenvalue weighted by atomic mass is 16.5. The minimum Gasteiger partial charge on any atom is -0.490 e. The Hall–Kier alpha value is -3.75. The molecule has 9 heteroatoms. The molecule has 0 saturated carbocycles. The van der Waals surface area contributed by atoms with Crippen molar-refractivity contribution in [2.45, 2.75) is 46.6 Å². The van der Waals surface area contributed by atoms with Crippen LogP contribution in [0.15, 0.2) is 36.4 Å². The Bertz CT molecular complexity index is 1050. The van der Waals surface area contributed by atoms with Crippen LogP contribution in [0.25, 0.3) is 0 Å². The fourth-order valence-electron chi connectivity index (χ4n) is 4.06. The average Bonchev–Trinajstić information content (AvgIpc) is 2.86. The number of carbonyl (C=O) groups is 3. The van der Waals surface area contributed by atoms with Crippen molar-refractivity contribution in [3.8, 4) is 23.0 Å². The molecule has 0 aromatic heterocycles. The second kappa shape index (κ2) is 12.8. The first-order valence-corrected chi connectivity index (χ1v) is 12.3. The van der Waals surface area contributed by atoms with Crippen molar-refractivity contribution >= 4 is 17.8 Å². The van der Waals surface area contributed by atoms with E-state index in [1.807, 2.05) is 20.8 Å². The molecule has 1 heterocycles. The largest absolute Gasteiger partial charge is 0.490 e. The van der Waals surface area contributed by atoms with Crippen LogP contribution >= 0.6 is 0 Å². The molecule has 2 aromatic rings. The van der Waals surface area contributed by atoms with Gasteiger partial charge in [-0.1, -0.05) is 6.07 Å². The number of piperidine rings is 1. The number of nitrogens with one attached hydrogen (secondary N) is 1. The average molecular weight is 499 g/mol. The highest BCUT2D eigenvalue weighted by Crippen LogP contribution is 2.39. The number of benzene rings is 2. The molecule has 0 radical (unpaired) electrons. The molecule has 2 amide bonds. The molecule has 1 N–H and O–H groups in total. The molecule has 1 aliphatic rings. The Balaban J connectivity index is 1.65. The molecule has 0 spiro atoms. The lowest BCUT2D eigenvalue weighted by Crippen LogP contribution is -2.46. The van der Waals surface area contributed by atoms with Crippen molar-refractivity contribution in [3.63, 3.8) is 0 Å². The summed E-state index contributed by atoms with van der Waals surface area (Å²) in [7, 11) is 0. The van der Waals surface area contributed by atoms with Gasteiger partial charge in [0.1, 0.15) is 5.75 Å². The van der Waals surface area contributed by atoms with Gasteiger partial charge in [0.05, 0.1) is 19.8 Å². The maximum Gasteiger partial charge on any atom is 0.308 e. The maximum absolute atomic E-state index is 13.3. The van der Waals surface area contributed by atoms with Crippen LogP contribution in [0, 0.1) is 0 Å². The van der Waals surface area contributed by atoms with E-state index in [0.29, 0.717) is 79.9 Å². The van der Waals surface area contributed by atoms with E-state index in [0.717, 1.165) is 0 Å². The fraction of sp³-hybridized carbons (Fsp3) is 0.444. The van der Waals surface area contributed by atoms with Crippen LogP contribution in [0.3, 0.4) is 0 Å². The van der Waals surface area contributed by atoms with Gasteiger partial charge in [0.25, 0.3) is 11.8 Å². The molecule has 0 bridgehead atoms. The lowest BCUT2D eigenvalue weighted by atomic mass is 10.0. The lowest BCUT2D eigenvalue weighted by molar-refractivity contribution is -0.131. The Morgan fingerprint density at radius 1 is 0.889 bits per heavy atom. The van der Waals surface area contributed by atoms with Crippen molar-refractivity contribution in [2.24, 2.45) is 0 Å². The second-order valence-corrected chi connectivity index (χ2v) is 8.26. The first-order valence-electron chi connectivity index (χ1n) is 12.3. The molecule has 1 fully saturated rings. The van der Waals surface area contributed by atoms with Gasteiger partial charge in [-0.2, -0.15) is 0 Å². The van der Waals surface area contributed by atoms with Crippen LogP contribution in [-0.2, 0) is 4.79 Å². The number of esters is 1. The van der Waals surface area contributed by atoms with Gasteiger partial charge in [0.15, 0.2) is 11.5 Å². The summed E-state index contributed by atoms with van der Waals surface area (Å²) >= 11 is 0. The smallest absolute Gasteiger partial charge is 0.308 e. The molecule has 0 unspecified atom stereocenters. The van der Waals surface area contributed by atoms with Crippen molar-refractivity contribution < 1.29 is 33.3 Å². The number of likely N-dealkylation sites (tertiary alicyclic amines) is 1. The number of hydrogen-bond acceptors (Lipinski definition) is 7. The molecule has 1 aliphatic heterocycles. The predicted octanol–water partition coefficient (Wildman–Crippen LogP) is 3.84. The number of carbonyl (C=O) groups excluding carboxylic acids is 3. The highest BCUT2D eigenvalue weighted by molar-refractivity contribution is 5.96. The van der Waals surface area contributed by atoms with Gasteiger partial charge >= 0.3 is 5.97 Å². The summed E-state index contributed by atoms with van der Waals surface area (Å²) in [6, 6.07) is 9.81. The number of ether oxygens (including phenoxy) is 4. The molecule has 36 heavy (non-hydrogen) atoms. The summed E-state index contributed by atoms with van der Waals surface area (Å²) in [6.07, 6.45) is 1.24. The normalized spacial score (nSPS) is 13.6. The fourth-order valence-corrected chi connectivity index (χ4v) is 4.06. The van der Waals surface area contributed by atoms with E-state index in [1.54, 1.807) is 35.2 Å². The summed E-state index contributed by atoms with van der Waals surface area (Å²) in [4.78, 5) is 38.9. The van der Waals surface area contributed by atoms with Crippen molar-refractivity contribution in [1.29, 1.82) is 0 Å². The van der Waals surface area contributed by atoms with Gasteiger partial charge < -0.3 is 29.2 Å². The monoisotopic (exact) mass is 498 g/mol. The molecular formula is C27H34N2O7. The first-order chi connectivity index (χ1) is 17.4. The quantitative estimate of drug-likeness (QED) is 0.392. The molecular weight excluding hydrogens is 464 g/mol. The van der Waals surface area contributed by atoms with E-state index < -0.39 is 5.97 Å². The van der Waals surface area contributed by atoms with Gasteiger partial charge in [-0.25, -0.2) is 0 Å². The summed E-state index contributed by atoms with van der Waals surface area (Å²) in [5.74, 6) is 0.958. The van der Waals surface area contributed by atoms with Crippen LogP contribution < -0.4 is 24.3 Å². The SMILES string of the molecule is CCOc1cc(C(=O)N2CCC(NC(=O)c3cccc(OC(C)=O)c3)CC2)cc(OCC)c1OCC. The topological polar surface area (TPSA) is 103 Å². The Labute approximate surface area is 211 Å². The van der Waals surface area contributed by atoms with Gasteiger partial charge in [-0.05, 0) is 63.9 Å². The molecule has 2 aromatic carbocycles. The van der Waals surface area contributed by atoms with Crippen molar-refractivity contribution in [2.75, 3.05) is 32.9 Å². The Kier molecular flexibility index (Phi) is 9.55. The van der Waals surface area contributed by atoms with Crippen LogP contribution in [0.5, 0.6) is 23.0 Å². The van der Waals surface area contributed by atoms with Gasteiger partial charge in [-0.15, -0.1) is 0 Å².